The van der Waals surface area contributed by atoms with Gasteiger partial charge in [0.05, 0.1) is 21.4 Å². The van der Waals surface area contributed by atoms with Crippen LogP contribution in [0, 0.1) is 5.92 Å². The number of aldehydes is 2. The second-order valence-corrected chi connectivity index (χ2v) is 9.59. The molecule has 1 aliphatic carbocycles. The third-order valence-corrected chi connectivity index (χ3v) is 7.22. The molecule has 138 valence electrons. The van der Waals surface area contributed by atoms with Crippen molar-refractivity contribution in [3.05, 3.63) is 15.8 Å². The molecule has 2 rings (SSSR count). The van der Waals surface area contributed by atoms with Crippen LogP contribution < -0.4 is 10.0 Å². The highest BCUT2D eigenvalue weighted by atomic mass is 32.2. The Morgan fingerprint density at radius 2 is 1.84 bits per heavy atom. The zero-order valence-corrected chi connectivity index (χ0v) is 15.8. The van der Waals surface area contributed by atoms with E-state index in [0.717, 1.165) is 11.3 Å². The van der Waals surface area contributed by atoms with Gasteiger partial charge in [0.1, 0.15) is 0 Å². The topological polar surface area (TPSA) is 109 Å². The molecule has 0 aromatic carbocycles. The van der Waals surface area contributed by atoms with E-state index < -0.39 is 15.3 Å². The first-order chi connectivity index (χ1) is 11.8. The fourth-order valence-electron chi connectivity index (χ4n) is 2.77. The van der Waals surface area contributed by atoms with Gasteiger partial charge in [-0.05, 0) is 39.5 Å². The molecular formula is C16H22N2O5S2. The van der Waals surface area contributed by atoms with E-state index in [2.05, 4.69) is 10.0 Å². The van der Waals surface area contributed by atoms with E-state index in [0.29, 0.717) is 43.9 Å². The summed E-state index contributed by atoms with van der Waals surface area (Å²) in [6.45, 7) is 3.25. The Morgan fingerprint density at radius 3 is 2.36 bits per heavy atom. The second-order valence-electron chi connectivity index (χ2n) is 6.41. The molecule has 1 heterocycles. The maximum absolute atomic E-state index is 12.4. The number of carbonyl (C=O) groups is 3. The number of hydrogen-bond donors (Lipinski definition) is 2. The van der Waals surface area contributed by atoms with Crippen LogP contribution in [0.4, 0.5) is 5.69 Å². The predicted molar refractivity (Wildman–Crippen MR) is 96.7 cm³/mol. The van der Waals surface area contributed by atoms with Gasteiger partial charge in [0, 0.05) is 17.3 Å². The Kier molecular flexibility index (Phi) is 6.47. The summed E-state index contributed by atoms with van der Waals surface area (Å²) in [7, 11) is -3.31. The van der Waals surface area contributed by atoms with Gasteiger partial charge in [-0.25, -0.2) is 13.1 Å². The molecule has 1 fully saturated rings. The fraction of sp³-hybridized carbons (Fsp3) is 0.562. The molecule has 0 atom stereocenters. The molecule has 9 heteroatoms. The third-order valence-electron chi connectivity index (χ3n) is 4.39. The van der Waals surface area contributed by atoms with E-state index in [1.54, 1.807) is 19.2 Å². The van der Waals surface area contributed by atoms with Crippen molar-refractivity contribution in [2.24, 2.45) is 5.92 Å². The third kappa shape index (κ3) is 4.74. The molecule has 1 aliphatic rings. The minimum Gasteiger partial charge on any atom is -0.324 e. The fourth-order valence-corrected chi connectivity index (χ4v) is 4.51. The maximum Gasteiger partial charge on any atom is 0.227 e. The first kappa shape index (κ1) is 19.7. The van der Waals surface area contributed by atoms with E-state index in [-0.39, 0.29) is 28.3 Å². The average Bonchev–Trinajstić information content (AvgIpc) is 2.96. The van der Waals surface area contributed by atoms with Gasteiger partial charge in [-0.2, -0.15) is 0 Å². The molecule has 1 amide bonds. The lowest BCUT2D eigenvalue weighted by molar-refractivity contribution is -0.120. The van der Waals surface area contributed by atoms with Crippen LogP contribution in [0.5, 0.6) is 0 Å². The summed E-state index contributed by atoms with van der Waals surface area (Å²) >= 11 is 1.11. The highest BCUT2D eigenvalue weighted by Gasteiger charge is 2.30. The lowest BCUT2D eigenvalue weighted by atomic mass is 9.86. The lowest BCUT2D eigenvalue weighted by Gasteiger charge is -2.28. The van der Waals surface area contributed by atoms with Crippen LogP contribution in [-0.4, -0.2) is 38.2 Å². The van der Waals surface area contributed by atoms with Crippen molar-refractivity contribution in [2.75, 3.05) is 5.32 Å². The first-order valence-corrected chi connectivity index (χ1v) is 10.5. The lowest BCUT2D eigenvalue weighted by Crippen LogP contribution is -2.42. The van der Waals surface area contributed by atoms with Gasteiger partial charge in [0.15, 0.2) is 12.6 Å². The molecule has 0 aliphatic heterocycles. The molecule has 1 aromatic heterocycles. The molecule has 25 heavy (non-hydrogen) atoms. The summed E-state index contributed by atoms with van der Waals surface area (Å²) < 4.78 is 26.5. The molecule has 7 nitrogen and oxygen atoms in total. The van der Waals surface area contributed by atoms with Crippen LogP contribution in [0.1, 0.15) is 59.6 Å². The normalized spacial score (nSPS) is 21.1. The van der Waals surface area contributed by atoms with Gasteiger partial charge in [-0.15, -0.1) is 11.3 Å². The SMILES string of the molecule is CC(C)S(=O)(=O)NC1CCC(C(=O)Nc2csc(C=O)c2C=O)CC1. The Balaban J connectivity index is 1.93. The first-order valence-electron chi connectivity index (χ1n) is 8.12. The van der Waals surface area contributed by atoms with E-state index in [1.807, 2.05) is 0 Å². The van der Waals surface area contributed by atoms with Crippen molar-refractivity contribution in [3.8, 4) is 0 Å². The summed E-state index contributed by atoms with van der Waals surface area (Å²) in [6, 6.07) is -0.148. The molecule has 1 aromatic rings. The van der Waals surface area contributed by atoms with Crippen molar-refractivity contribution < 1.29 is 22.8 Å². The van der Waals surface area contributed by atoms with Gasteiger partial charge in [0.2, 0.25) is 15.9 Å². The number of sulfonamides is 1. The summed E-state index contributed by atoms with van der Waals surface area (Å²) in [6.07, 6.45) is 3.47. The highest BCUT2D eigenvalue weighted by molar-refractivity contribution is 7.90. The second kappa shape index (κ2) is 8.20. The van der Waals surface area contributed by atoms with Crippen LogP contribution in [-0.2, 0) is 14.8 Å². The van der Waals surface area contributed by atoms with E-state index >= 15 is 0 Å². The standard InChI is InChI=1S/C16H22N2O5S2/c1-10(2)25(22,23)18-12-5-3-11(4-6-12)16(21)17-14-9-24-15(8-20)13(14)7-19/h7-12,18H,3-6H2,1-2H3,(H,17,21). The van der Waals surface area contributed by atoms with Gasteiger partial charge < -0.3 is 5.32 Å². The molecule has 0 unspecified atom stereocenters. The number of thiophene rings is 1. The zero-order valence-electron chi connectivity index (χ0n) is 14.2. The molecule has 0 bridgehead atoms. The number of anilines is 1. The van der Waals surface area contributed by atoms with E-state index in [4.69, 9.17) is 0 Å². The summed E-state index contributed by atoms with van der Waals surface area (Å²) in [4.78, 5) is 34.6. The average molecular weight is 386 g/mol. The molecule has 0 saturated heterocycles. The summed E-state index contributed by atoms with van der Waals surface area (Å²) in [5.41, 5.74) is 0.557. The number of rotatable bonds is 7. The molecular weight excluding hydrogens is 364 g/mol. The number of amides is 1. The monoisotopic (exact) mass is 386 g/mol. The Hall–Kier alpha value is -1.58. The highest BCUT2D eigenvalue weighted by Crippen LogP contribution is 2.29. The van der Waals surface area contributed by atoms with Gasteiger partial charge >= 0.3 is 0 Å². The van der Waals surface area contributed by atoms with Crippen molar-refractivity contribution in [2.45, 2.75) is 50.8 Å². The number of nitrogens with one attached hydrogen (secondary N) is 2. The van der Waals surface area contributed by atoms with Crippen molar-refractivity contribution in [1.82, 2.24) is 4.72 Å². The van der Waals surface area contributed by atoms with Crippen molar-refractivity contribution >= 4 is 45.5 Å². The minimum absolute atomic E-state index is 0.148. The molecule has 0 radical (unpaired) electrons. The largest absolute Gasteiger partial charge is 0.324 e. The Labute approximate surface area is 151 Å². The predicted octanol–water partition coefficient (Wildman–Crippen LogP) is 2.20. The minimum atomic E-state index is -3.31. The maximum atomic E-state index is 12.4. The van der Waals surface area contributed by atoms with Gasteiger partial charge in [-0.1, -0.05) is 0 Å². The van der Waals surface area contributed by atoms with Crippen LogP contribution in [0.3, 0.4) is 0 Å². The summed E-state index contributed by atoms with van der Waals surface area (Å²) in [5.74, 6) is -0.442. The smallest absolute Gasteiger partial charge is 0.227 e. The number of carbonyl (C=O) groups excluding carboxylic acids is 3. The Bertz CT molecular complexity index is 747. The molecule has 1 saturated carbocycles. The molecule has 2 N–H and O–H groups in total. The number of hydrogen-bond acceptors (Lipinski definition) is 6. The van der Waals surface area contributed by atoms with E-state index in [1.165, 1.54) is 0 Å². The van der Waals surface area contributed by atoms with Crippen LogP contribution in [0.25, 0.3) is 0 Å². The van der Waals surface area contributed by atoms with Crippen LogP contribution >= 0.6 is 11.3 Å². The van der Waals surface area contributed by atoms with Crippen LogP contribution in [0.2, 0.25) is 0 Å². The van der Waals surface area contributed by atoms with Crippen molar-refractivity contribution in [1.29, 1.82) is 0 Å². The zero-order chi connectivity index (χ0) is 18.6. The van der Waals surface area contributed by atoms with E-state index in [9.17, 15) is 22.8 Å². The molecule has 0 spiro atoms. The van der Waals surface area contributed by atoms with Crippen molar-refractivity contribution in [3.63, 3.8) is 0 Å². The van der Waals surface area contributed by atoms with Crippen LogP contribution in [0.15, 0.2) is 5.38 Å². The van der Waals surface area contributed by atoms with Gasteiger partial charge in [0.25, 0.3) is 0 Å². The van der Waals surface area contributed by atoms with Gasteiger partial charge in [-0.3, -0.25) is 14.4 Å². The Morgan fingerprint density at radius 1 is 1.20 bits per heavy atom. The quantitative estimate of drug-likeness (QED) is 0.698. The summed E-state index contributed by atoms with van der Waals surface area (Å²) in [5, 5.41) is 3.80.